The van der Waals surface area contributed by atoms with Crippen LogP contribution in [0.15, 0.2) is 36.5 Å². The molecule has 0 unspecified atom stereocenters. The molecule has 6 heteroatoms. The van der Waals surface area contributed by atoms with Crippen molar-refractivity contribution in [2.45, 2.75) is 37.2 Å². The second-order valence-corrected chi connectivity index (χ2v) is 6.72. The largest absolute Gasteiger partial charge is 0.378 e. The third-order valence-corrected chi connectivity index (χ3v) is 4.63. The summed E-state index contributed by atoms with van der Waals surface area (Å²) in [6.45, 7) is 0. The SMILES string of the molecule is NC(=O)c1ccnnc1[C@H]1CCC[C@@](O)(C#Cc2cccc(Cl)c2)C1. The third-order valence-electron chi connectivity index (χ3n) is 4.39. The number of hydrogen-bond donors (Lipinski definition) is 2. The highest BCUT2D eigenvalue weighted by molar-refractivity contribution is 6.30. The molecule has 25 heavy (non-hydrogen) atoms. The highest BCUT2D eigenvalue weighted by Crippen LogP contribution is 2.38. The molecule has 1 aromatic carbocycles. The van der Waals surface area contributed by atoms with E-state index in [1.165, 1.54) is 6.20 Å². The molecule has 5 nitrogen and oxygen atoms in total. The monoisotopic (exact) mass is 355 g/mol. The summed E-state index contributed by atoms with van der Waals surface area (Å²) in [6.07, 6.45) is 3.99. The van der Waals surface area contributed by atoms with Gasteiger partial charge in [0, 0.05) is 16.5 Å². The lowest BCUT2D eigenvalue weighted by molar-refractivity contribution is 0.0510. The summed E-state index contributed by atoms with van der Waals surface area (Å²) in [5.41, 5.74) is 5.93. The lowest BCUT2D eigenvalue weighted by atomic mass is 9.76. The first-order valence-corrected chi connectivity index (χ1v) is 8.47. The number of halogens is 1. The summed E-state index contributed by atoms with van der Waals surface area (Å²) < 4.78 is 0. The molecule has 1 fully saturated rings. The molecular formula is C19H18ClN3O2. The summed E-state index contributed by atoms with van der Waals surface area (Å²) in [4.78, 5) is 11.6. The third kappa shape index (κ3) is 4.16. The molecule has 128 valence electrons. The molecule has 3 N–H and O–H groups in total. The van der Waals surface area contributed by atoms with Crippen LogP contribution in [0.5, 0.6) is 0 Å². The van der Waals surface area contributed by atoms with Crippen LogP contribution in [0.2, 0.25) is 5.02 Å². The van der Waals surface area contributed by atoms with Gasteiger partial charge in [0.05, 0.1) is 17.5 Å². The van der Waals surface area contributed by atoms with E-state index >= 15 is 0 Å². The molecule has 0 bridgehead atoms. The van der Waals surface area contributed by atoms with Crippen molar-refractivity contribution in [1.29, 1.82) is 0 Å². The van der Waals surface area contributed by atoms with Crippen LogP contribution >= 0.6 is 11.6 Å². The van der Waals surface area contributed by atoms with Gasteiger partial charge in [-0.3, -0.25) is 4.79 Å². The first kappa shape index (κ1) is 17.4. The Morgan fingerprint density at radius 1 is 1.40 bits per heavy atom. The molecule has 1 aliphatic rings. The Labute approximate surface area is 151 Å². The van der Waals surface area contributed by atoms with Gasteiger partial charge < -0.3 is 10.8 Å². The van der Waals surface area contributed by atoms with Crippen LogP contribution in [0.4, 0.5) is 0 Å². The molecule has 0 saturated heterocycles. The fourth-order valence-corrected chi connectivity index (χ4v) is 3.40. The Bertz CT molecular complexity index is 859. The van der Waals surface area contributed by atoms with Gasteiger partial charge in [-0.15, -0.1) is 0 Å². The van der Waals surface area contributed by atoms with Crippen molar-refractivity contribution in [3.8, 4) is 11.8 Å². The standard InChI is InChI=1S/C19H18ClN3O2/c20-15-5-1-3-13(11-15)6-9-19(25)8-2-4-14(12-19)17-16(18(21)24)7-10-22-23-17/h1,3,5,7,10-11,14,25H,2,4,8,12H2,(H2,21,24)/t14-,19+/m0/s1. The fraction of sp³-hybridized carbons (Fsp3) is 0.316. The predicted octanol–water partition coefficient (Wildman–Crippen LogP) is 2.67. The molecule has 1 amide bonds. The maximum absolute atomic E-state index is 11.6. The highest BCUT2D eigenvalue weighted by atomic mass is 35.5. The van der Waals surface area contributed by atoms with Crippen LogP contribution in [0, 0.1) is 11.8 Å². The zero-order valence-corrected chi connectivity index (χ0v) is 14.3. The number of aliphatic hydroxyl groups is 1. The smallest absolute Gasteiger partial charge is 0.250 e. The number of nitrogens with two attached hydrogens (primary N) is 1. The van der Waals surface area contributed by atoms with Gasteiger partial charge in [0.25, 0.3) is 5.91 Å². The number of aromatic nitrogens is 2. The van der Waals surface area contributed by atoms with Gasteiger partial charge in [-0.2, -0.15) is 10.2 Å². The minimum atomic E-state index is -1.14. The van der Waals surface area contributed by atoms with Gasteiger partial charge in [0.2, 0.25) is 0 Å². The lowest BCUT2D eigenvalue weighted by Crippen LogP contribution is -2.34. The summed E-state index contributed by atoms with van der Waals surface area (Å²) in [6, 6.07) is 8.76. The van der Waals surface area contributed by atoms with Gasteiger partial charge in [0.1, 0.15) is 5.60 Å². The predicted molar refractivity (Wildman–Crippen MR) is 95.0 cm³/mol. The lowest BCUT2D eigenvalue weighted by Gasteiger charge is -2.33. The zero-order valence-electron chi connectivity index (χ0n) is 13.6. The number of carbonyl (C=O) groups is 1. The Hall–Kier alpha value is -2.42. The average molecular weight is 356 g/mol. The number of benzene rings is 1. The van der Waals surface area contributed by atoms with Crippen molar-refractivity contribution in [2.24, 2.45) is 5.73 Å². The maximum Gasteiger partial charge on any atom is 0.250 e. The number of amides is 1. The zero-order chi connectivity index (χ0) is 17.9. The van der Waals surface area contributed by atoms with E-state index < -0.39 is 11.5 Å². The maximum atomic E-state index is 11.6. The van der Waals surface area contributed by atoms with Gasteiger partial charge in [-0.25, -0.2) is 0 Å². The van der Waals surface area contributed by atoms with Crippen LogP contribution in [0.3, 0.4) is 0 Å². The van der Waals surface area contributed by atoms with Gasteiger partial charge in [0.15, 0.2) is 0 Å². The van der Waals surface area contributed by atoms with E-state index in [-0.39, 0.29) is 5.92 Å². The Morgan fingerprint density at radius 2 is 2.24 bits per heavy atom. The van der Waals surface area contributed by atoms with Crippen molar-refractivity contribution in [2.75, 3.05) is 0 Å². The van der Waals surface area contributed by atoms with E-state index in [1.807, 2.05) is 12.1 Å². The van der Waals surface area contributed by atoms with E-state index in [0.717, 1.165) is 18.4 Å². The first-order chi connectivity index (χ1) is 12.0. The van der Waals surface area contributed by atoms with Crippen molar-refractivity contribution < 1.29 is 9.90 Å². The van der Waals surface area contributed by atoms with E-state index in [1.54, 1.807) is 18.2 Å². The summed E-state index contributed by atoms with van der Waals surface area (Å²) in [7, 11) is 0. The van der Waals surface area contributed by atoms with Gasteiger partial charge in [-0.05, 0) is 49.9 Å². The summed E-state index contributed by atoms with van der Waals surface area (Å²) in [5.74, 6) is 5.32. The molecule has 1 aliphatic carbocycles. The average Bonchev–Trinajstić information content (AvgIpc) is 2.60. The van der Waals surface area contributed by atoms with Crippen LogP contribution in [-0.2, 0) is 0 Å². The van der Waals surface area contributed by atoms with Gasteiger partial charge >= 0.3 is 0 Å². The van der Waals surface area contributed by atoms with Crippen LogP contribution in [-0.4, -0.2) is 26.8 Å². The van der Waals surface area contributed by atoms with Crippen molar-refractivity contribution in [3.05, 3.63) is 58.4 Å². The number of hydrogen-bond acceptors (Lipinski definition) is 4. The molecule has 0 radical (unpaired) electrons. The second kappa shape index (κ2) is 7.22. The van der Waals surface area contributed by atoms with Gasteiger partial charge in [-0.1, -0.05) is 29.5 Å². The number of primary amides is 1. The van der Waals surface area contributed by atoms with Crippen LogP contribution < -0.4 is 5.73 Å². The molecule has 1 heterocycles. The summed E-state index contributed by atoms with van der Waals surface area (Å²) >= 11 is 5.96. The molecule has 0 aliphatic heterocycles. The summed E-state index contributed by atoms with van der Waals surface area (Å²) in [5, 5.41) is 19.5. The molecular weight excluding hydrogens is 338 g/mol. The quantitative estimate of drug-likeness (QED) is 0.810. The normalized spacial score (nSPS) is 22.7. The Balaban J connectivity index is 1.85. The van der Waals surface area contributed by atoms with E-state index in [4.69, 9.17) is 17.3 Å². The fourth-order valence-electron chi connectivity index (χ4n) is 3.21. The first-order valence-electron chi connectivity index (χ1n) is 8.09. The van der Waals surface area contributed by atoms with Crippen molar-refractivity contribution >= 4 is 17.5 Å². The highest BCUT2D eigenvalue weighted by Gasteiger charge is 2.35. The second-order valence-electron chi connectivity index (χ2n) is 6.28. The van der Waals surface area contributed by atoms with Crippen molar-refractivity contribution in [3.63, 3.8) is 0 Å². The molecule has 1 aromatic heterocycles. The van der Waals surface area contributed by atoms with Crippen LogP contribution in [0.25, 0.3) is 0 Å². The number of nitrogens with zero attached hydrogens (tertiary/aromatic N) is 2. The molecule has 2 aromatic rings. The number of rotatable bonds is 2. The molecule has 0 spiro atoms. The van der Waals surface area contributed by atoms with Crippen LogP contribution in [0.1, 0.15) is 53.2 Å². The van der Waals surface area contributed by atoms with E-state index in [9.17, 15) is 9.90 Å². The van der Waals surface area contributed by atoms with Crippen molar-refractivity contribution in [1.82, 2.24) is 10.2 Å². The minimum absolute atomic E-state index is 0.108. The minimum Gasteiger partial charge on any atom is -0.378 e. The van der Waals surface area contributed by atoms with E-state index in [0.29, 0.717) is 29.1 Å². The Morgan fingerprint density at radius 3 is 3.00 bits per heavy atom. The Kier molecular flexibility index (Phi) is 5.03. The molecule has 3 rings (SSSR count). The topological polar surface area (TPSA) is 89.1 Å². The number of carbonyl (C=O) groups excluding carboxylic acids is 1. The molecule has 2 atom stereocenters. The van der Waals surface area contributed by atoms with E-state index in [2.05, 4.69) is 22.0 Å². The molecule has 1 saturated carbocycles.